The van der Waals surface area contributed by atoms with Crippen LogP contribution in [0.2, 0.25) is 0 Å². The largest absolute Gasteiger partial charge is 0.394 e. The maximum Gasteiger partial charge on any atom is 0.330 e. The molecule has 1 aliphatic rings. The fourth-order valence-corrected chi connectivity index (χ4v) is 2.62. The van der Waals surface area contributed by atoms with E-state index >= 15 is 0 Å². The Morgan fingerprint density at radius 3 is 2.42 bits per heavy atom. The number of benzene rings is 1. The van der Waals surface area contributed by atoms with Gasteiger partial charge in [-0.05, 0) is 17.7 Å². The lowest BCUT2D eigenvalue weighted by atomic mass is 10.1. The molecule has 24 heavy (non-hydrogen) atoms. The zero-order valence-corrected chi connectivity index (χ0v) is 12.3. The number of rotatable bonds is 3. The third kappa shape index (κ3) is 2.78. The molecular formula is C15H15FN2O6. The number of nitrogens with one attached hydrogen (secondary N) is 1. The molecule has 0 saturated carbocycles. The van der Waals surface area contributed by atoms with Crippen LogP contribution in [0.15, 0.2) is 40.1 Å². The van der Waals surface area contributed by atoms with E-state index in [1.165, 1.54) is 12.1 Å². The monoisotopic (exact) mass is 338 g/mol. The lowest BCUT2D eigenvalue weighted by molar-refractivity contribution is -0.0549. The minimum atomic E-state index is -1.47. The Morgan fingerprint density at radius 1 is 1.17 bits per heavy atom. The molecule has 4 atom stereocenters. The number of H-pyrrole nitrogens is 1. The van der Waals surface area contributed by atoms with E-state index in [4.69, 9.17) is 9.84 Å². The van der Waals surface area contributed by atoms with Crippen LogP contribution < -0.4 is 11.2 Å². The smallest absolute Gasteiger partial charge is 0.330 e. The van der Waals surface area contributed by atoms with Crippen molar-refractivity contribution in [3.05, 3.63) is 57.1 Å². The minimum Gasteiger partial charge on any atom is -0.394 e. The Labute approximate surface area is 134 Å². The van der Waals surface area contributed by atoms with Gasteiger partial charge in [-0.25, -0.2) is 9.18 Å². The fraction of sp³-hybridized carbons (Fsp3) is 0.333. The second-order valence-electron chi connectivity index (χ2n) is 5.45. The second-order valence-corrected chi connectivity index (χ2v) is 5.45. The van der Waals surface area contributed by atoms with Gasteiger partial charge in [-0.2, -0.15) is 0 Å². The first-order valence-corrected chi connectivity index (χ1v) is 7.16. The number of aromatic nitrogens is 2. The molecule has 0 amide bonds. The van der Waals surface area contributed by atoms with Crippen LogP contribution in [0.3, 0.4) is 0 Å². The summed E-state index contributed by atoms with van der Waals surface area (Å²) in [6, 6.07) is 5.06. The number of nitrogens with zero attached hydrogens (tertiary/aromatic N) is 1. The van der Waals surface area contributed by atoms with Gasteiger partial charge in [0.05, 0.1) is 12.2 Å². The molecule has 3 rings (SSSR count). The Balaban J connectivity index is 2.07. The van der Waals surface area contributed by atoms with Gasteiger partial charge < -0.3 is 20.1 Å². The average molecular weight is 338 g/mol. The third-order valence-electron chi connectivity index (χ3n) is 3.91. The molecule has 2 aromatic rings. The molecule has 0 aliphatic carbocycles. The number of hydrogen-bond donors (Lipinski definition) is 4. The van der Waals surface area contributed by atoms with Crippen molar-refractivity contribution < 1.29 is 24.4 Å². The van der Waals surface area contributed by atoms with Crippen LogP contribution in [-0.2, 0) is 4.74 Å². The van der Waals surface area contributed by atoms with Crippen LogP contribution in [0.1, 0.15) is 6.23 Å². The maximum absolute atomic E-state index is 13.0. The average Bonchev–Trinajstić information content (AvgIpc) is 2.84. The first-order chi connectivity index (χ1) is 11.4. The van der Waals surface area contributed by atoms with E-state index in [9.17, 15) is 24.2 Å². The summed E-state index contributed by atoms with van der Waals surface area (Å²) in [5.41, 5.74) is -1.11. The summed E-state index contributed by atoms with van der Waals surface area (Å²) in [5, 5.41) is 28.9. The van der Waals surface area contributed by atoms with E-state index in [0.717, 1.165) is 22.9 Å². The van der Waals surface area contributed by atoms with Crippen molar-refractivity contribution in [2.24, 2.45) is 0 Å². The molecule has 0 bridgehead atoms. The predicted molar refractivity (Wildman–Crippen MR) is 79.7 cm³/mol. The topological polar surface area (TPSA) is 125 Å². The molecule has 0 radical (unpaired) electrons. The lowest BCUT2D eigenvalue weighted by Crippen LogP contribution is -2.38. The van der Waals surface area contributed by atoms with E-state index in [1.54, 1.807) is 0 Å². The number of aliphatic hydroxyl groups excluding tert-OH is 3. The third-order valence-corrected chi connectivity index (χ3v) is 3.91. The van der Waals surface area contributed by atoms with E-state index in [-0.39, 0.29) is 5.56 Å². The number of ether oxygens (including phenoxy) is 1. The molecule has 0 unspecified atom stereocenters. The number of halogens is 1. The number of aromatic amines is 1. The van der Waals surface area contributed by atoms with E-state index in [0.29, 0.717) is 5.56 Å². The highest BCUT2D eigenvalue weighted by Crippen LogP contribution is 2.28. The normalized spacial score (nSPS) is 26.7. The molecule has 1 aliphatic heterocycles. The highest BCUT2D eigenvalue weighted by molar-refractivity contribution is 5.61. The van der Waals surface area contributed by atoms with Crippen molar-refractivity contribution in [3.8, 4) is 11.1 Å². The van der Waals surface area contributed by atoms with Gasteiger partial charge in [-0.15, -0.1) is 0 Å². The fourth-order valence-electron chi connectivity index (χ4n) is 2.62. The molecular weight excluding hydrogens is 323 g/mol. The Morgan fingerprint density at radius 2 is 1.83 bits per heavy atom. The minimum absolute atomic E-state index is 0.0624. The summed E-state index contributed by atoms with van der Waals surface area (Å²) in [6.45, 7) is -0.544. The molecule has 1 aromatic heterocycles. The molecule has 1 fully saturated rings. The molecule has 1 saturated heterocycles. The van der Waals surface area contributed by atoms with Gasteiger partial charge >= 0.3 is 5.69 Å². The lowest BCUT2D eigenvalue weighted by Gasteiger charge is -2.18. The summed E-state index contributed by atoms with van der Waals surface area (Å²) in [5.74, 6) is -0.480. The Hall–Kier alpha value is -2.33. The first kappa shape index (κ1) is 16.5. The van der Waals surface area contributed by atoms with Crippen LogP contribution in [0, 0.1) is 5.82 Å². The van der Waals surface area contributed by atoms with Crippen molar-refractivity contribution in [2.75, 3.05) is 6.61 Å². The molecule has 128 valence electrons. The predicted octanol–water partition coefficient (Wildman–Crippen LogP) is -1.05. The summed E-state index contributed by atoms with van der Waals surface area (Å²) in [7, 11) is 0. The van der Waals surface area contributed by atoms with Gasteiger partial charge in [0, 0.05) is 6.20 Å². The molecule has 2 heterocycles. The summed E-state index contributed by atoms with van der Waals surface area (Å²) in [4.78, 5) is 26.1. The standard InChI is InChI=1S/C15H15FN2O6/c16-8-3-1-7(2-4-8)9-5-18(15(23)17-13(9)22)14-12(21)11(20)10(6-19)24-14/h1-5,10-12,14,19-21H,6H2,(H,17,22,23)/t10-,11-,12-,14-/m1/s1. The van der Waals surface area contributed by atoms with Crippen molar-refractivity contribution in [2.45, 2.75) is 24.5 Å². The van der Waals surface area contributed by atoms with Gasteiger partial charge in [0.25, 0.3) is 5.56 Å². The Kier molecular flexibility index (Phi) is 4.33. The SMILES string of the molecule is O=c1[nH]c(=O)n([C@@H]2O[C@H](CO)[C@@H](O)[C@H]2O)cc1-c1ccc(F)cc1. The summed E-state index contributed by atoms with van der Waals surface area (Å²) in [6.07, 6.45) is -4.02. The van der Waals surface area contributed by atoms with E-state index < -0.39 is 48.2 Å². The zero-order chi connectivity index (χ0) is 17.4. The molecule has 9 heteroatoms. The zero-order valence-electron chi connectivity index (χ0n) is 12.3. The molecule has 0 spiro atoms. The summed E-state index contributed by atoms with van der Waals surface area (Å²) >= 11 is 0. The highest BCUT2D eigenvalue weighted by Gasteiger charge is 2.43. The van der Waals surface area contributed by atoms with Crippen molar-refractivity contribution in [1.82, 2.24) is 9.55 Å². The van der Waals surface area contributed by atoms with Gasteiger partial charge in [0.1, 0.15) is 24.1 Å². The van der Waals surface area contributed by atoms with Crippen molar-refractivity contribution in [3.63, 3.8) is 0 Å². The molecule has 4 N–H and O–H groups in total. The van der Waals surface area contributed by atoms with Gasteiger partial charge in [-0.1, -0.05) is 12.1 Å². The molecule has 1 aromatic carbocycles. The van der Waals surface area contributed by atoms with Crippen LogP contribution in [0.25, 0.3) is 11.1 Å². The van der Waals surface area contributed by atoms with E-state index in [2.05, 4.69) is 4.98 Å². The quantitative estimate of drug-likeness (QED) is 0.566. The van der Waals surface area contributed by atoms with Crippen LogP contribution in [0.5, 0.6) is 0 Å². The maximum atomic E-state index is 13.0. The van der Waals surface area contributed by atoms with Crippen LogP contribution >= 0.6 is 0 Å². The van der Waals surface area contributed by atoms with E-state index in [1.807, 2.05) is 0 Å². The number of hydrogen-bond acceptors (Lipinski definition) is 6. The number of aliphatic hydroxyl groups is 3. The first-order valence-electron chi connectivity index (χ1n) is 7.16. The molecule has 8 nitrogen and oxygen atoms in total. The van der Waals surface area contributed by atoms with Gasteiger partial charge in [-0.3, -0.25) is 14.3 Å². The van der Waals surface area contributed by atoms with Gasteiger partial charge in [0.2, 0.25) is 0 Å². The van der Waals surface area contributed by atoms with Crippen LogP contribution in [0.4, 0.5) is 4.39 Å². The van der Waals surface area contributed by atoms with Crippen LogP contribution in [-0.4, -0.2) is 49.8 Å². The Bertz CT molecular complexity index is 846. The van der Waals surface area contributed by atoms with Crippen molar-refractivity contribution in [1.29, 1.82) is 0 Å². The second kappa shape index (κ2) is 6.29. The highest BCUT2D eigenvalue weighted by atomic mass is 19.1. The van der Waals surface area contributed by atoms with Crippen molar-refractivity contribution >= 4 is 0 Å². The van der Waals surface area contributed by atoms with Gasteiger partial charge in [0.15, 0.2) is 6.23 Å². The summed E-state index contributed by atoms with van der Waals surface area (Å²) < 4.78 is 19.2.